The number of nitrogens with zero attached hydrogens (tertiary/aromatic N) is 3. The van der Waals surface area contributed by atoms with Crippen molar-refractivity contribution in [2.24, 2.45) is 0 Å². The van der Waals surface area contributed by atoms with Crippen molar-refractivity contribution in [2.45, 2.75) is 20.8 Å². The fourth-order valence-electron chi connectivity index (χ4n) is 2.32. The topological polar surface area (TPSA) is 46.0 Å². The van der Waals surface area contributed by atoms with Gasteiger partial charge in [0.15, 0.2) is 0 Å². The molecule has 4 heteroatoms. The van der Waals surface area contributed by atoms with Crippen molar-refractivity contribution in [3.8, 4) is 11.1 Å². The highest BCUT2D eigenvalue weighted by atomic mass is 15.1. The van der Waals surface area contributed by atoms with E-state index in [1.807, 2.05) is 26.2 Å². The van der Waals surface area contributed by atoms with Gasteiger partial charge in [-0.1, -0.05) is 0 Å². The van der Waals surface area contributed by atoms with Crippen molar-refractivity contribution < 1.29 is 0 Å². The largest absolute Gasteiger partial charge is 0.306 e. The molecular weight excluding hydrogens is 212 g/mol. The van der Waals surface area contributed by atoms with Crippen molar-refractivity contribution in [3.63, 3.8) is 0 Å². The Morgan fingerprint density at radius 3 is 2.76 bits per heavy atom. The van der Waals surface area contributed by atoms with E-state index in [-0.39, 0.29) is 0 Å². The van der Waals surface area contributed by atoms with Crippen LogP contribution >= 0.6 is 0 Å². The van der Waals surface area contributed by atoms with Crippen LogP contribution in [-0.4, -0.2) is 19.6 Å². The van der Waals surface area contributed by atoms with E-state index < -0.39 is 0 Å². The van der Waals surface area contributed by atoms with E-state index in [2.05, 4.69) is 38.8 Å². The summed E-state index contributed by atoms with van der Waals surface area (Å²) in [5.41, 5.74) is 6.67. The summed E-state index contributed by atoms with van der Waals surface area (Å²) in [6, 6.07) is 2.16. The second-order valence-corrected chi connectivity index (χ2v) is 4.38. The Bertz CT molecular complexity index is 671. The van der Waals surface area contributed by atoms with E-state index >= 15 is 0 Å². The molecule has 0 saturated heterocycles. The third kappa shape index (κ3) is 1.45. The van der Waals surface area contributed by atoms with Gasteiger partial charge in [0.2, 0.25) is 0 Å². The molecule has 4 nitrogen and oxygen atoms in total. The molecule has 0 atom stereocenters. The fourth-order valence-corrected chi connectivity index (χ4v) is 2.32. The van der Waals surface area contributed by atoms with Gasteiger partial charge >= 0.3 is 0 Å². The quantitative estimate of drug-likeness (QED) is 0.693. The molecule has 0 saturated carbocycles. The number of aromatic nitrogens is 4. The molecule has 1 N–H and O–H groups in total. The van der Waals surface area contributed by atoms with Gasteiger partial charge in [-0.2, -0.15) is 5.10 Å². The van der Waals surface area contributed by atoms with Crippen LogP contribution in [0.15, 0.2) is 24.7 Å². The number of H-pyrrole nitrogens is 1. The fraction of sp³-hybridized carbons (Fsp3) is 0.231. The van der Waals surface area contributed by atoms with Gasteiger partial charge < -0.3 is 4.40 Å². The lowest BCUT2D eigenvalue weighted by Crippen LogP contribution is -1.91. The Morgan fingerprint density at radius 1 is 1.24 bits per heavy atom. The molecule has 86 valence electrons. The first kappa shape index (κ1) is 10.1. The summed E-state index contributed by atoms with van der Waals surface area (Å²) in [5.74, 6) is 0. The molecule has 0 aliphatic heterocycles. The third-order valence-electron chi connectivity index (χ3n) is 3.09. The maximum Gasteiger partial charge on any atom is 0.139 e. The minimum atomic E-state index is 1.01. The number of nitrogens with one attached hydrogen (secondary N) is 1. The van der Waals surface area contributed by atoms with Gasteiger partial charge in [0.1, 0.15) is 5.65 Å². The third-order valence-corrected chi connectivity index (χ3v) is 3.09. The molecule has 3 aromatic heterocycles. The number of hydrogen-bond acceptors (Lipinski definition) is 2. The lowest BCUT2D eigenvalue weighted by molar-refractivity contribution is 1.02. The van der Waals surface area contributed by atoms with Gasteiger partial charge in [0.05, 0.1) is 5.69 Å². The number of aromatic amines is 1. The molecule has 3 aromatic rings. The van der Waals surface area contributed by atoms with Gasteiger partial charge in [-0.05, 0) is 32.4 Å². The van der Waals surface area contributed by atoms with Crippen LogP contribution < -0.4 is 0 Å². The highest BCUT2D eigenvalue weighted by Gasteiger charge is 2.11. The predicted octanol–water partition coefficient (Wildman–Crippen LogP) is 2.65. The average Bonchev–Trinajstić information content (AvgIpc) is 2.86. The lowest BCUT2D eigenvalue weighted by atomic mass is 10.0. The molecular formula is C13H14N4. The van der Waals surface area contributed by atoms with Crippen LogP contribution in [0.5, 0.6) is 0 Å². The summed E-state index contributed by atoms with van der Waals surface area (Å²) in [6.45, 7) is 6.14. The summed E-state index contributed by atoms with van der Waals surface area (Å²) >= 11 is 0. The maximum absolute atomic E-state index is 4.33. The Balaban J connectivity index is 2.31. The monoisotopic (exact) mass is 226 g/mol. The minimum Gasteiger partial charge on any atom is -0.306 e. The van der Waals surface area contributed by atoms with Crippen molar-refractivity contribution >= 4 is 5.65 Å². The molecule has 3 rings (SSSR count). The smallest absolute Gasteiger partial charge is 0.139 e. The molecule has 3 heterocycles. The molecule has 0 unspecified atom stereocenters. The van der Waals surface area contributed by atoms with Crippen molar-refractivity contribution in [1.29, 1.82) is 0 Å². The number of rotatable bonds is 1. The van der Waals surface area contributed by atoms with Crippen LogP contribution in [0.1, 0.15) is 17.0 Å². The highest BCUT2D eigenvalue weighted by molar-refractivity contribution is 5.70. The minimum absolute atomic E-state index is 1.01. The summed E-state index contributed by atoms with van der Waals surface area (Å²) in [4.78, 5) is 4.33. The first-order chi connectivity index (χ1) is 8.16. The van der Waals surface area contributed by atoms with E-state index in [0.717, 1.165) is 17.0 Å². The van der Waals surface area contributed by atoms with Gasteiger partial charge in [0, 0.05) is 35.4 Å². The zero-order chi connectivity index (χ0) is 12.0. The van der Waals surface area contributed by atoms with E-state index in [1.165, 1.54) is 16.7 Å². The Labute approximate surface area is 99.3 Å². The first-order valence-corrected chi connectivity index (χ1v) is 5.62. The molecule has 0 aliphatic rings. The number of aryl methyl sites for hydroxylation is 3. The zero-order valence-electron chi connectivity index (χ0n) is 10.2. The van der Waals surface area contributed by atoms with Crippen LogP contribution in [0.3, 0.4) is 0 Å². The van der Waals surface area contributed by atoms with Crippen molar-refractivity contribution in [1.82, 2.24) is 19.6 Å². The predicted molar refractivity (Wildman–Crippen MR) is 67.0 cm³/mol. The standard InChI is InChI=1S/C13H14N4/c1-8-6-11(7-17-5-4-14-13(8)17)12-9(2)15-16-10(12)3/h4-7H,1-3H3,(H,15,16). The van der Waals surface area contributed by atoms with Crippen LogP contribution in [-0.2, 0) is 0 Å². The van der Waals surface area contributed by atoms with E-state index in [4.69, 9.17) is 0 Å². The van der Waals surface area contributed by atoms with Gasteiger partial charge in [-0.25, -0.2) is 4.98 Å². The zero-order valence-corrected chi connectivity index (χ0v) is 10.2. The van der Waals surface area contributed by atoms with Crippen LogP contribution in [0.25, 0.3) is 16.8 Å². The van der Waals surface area contributed by atoms with Crippen LogP contribution in [0.2, 0.25) is 0 Å². The molecule has 0 radical (unpaired) electrons. The number of pyridine rings is 1. The number of hydrogen-bond donors (Lipinski definition) is 1. The summed E-state index contributed by atoms with van der Waals surface area (Å²) < 4.78 is 2.05. The molecule has 0 spiro atoms. The van der Waals surface area contributed by atoms with Gasteiger partial charge in [0.25, 0.3) is 0 Å². The molecule has 0 aromatic carbocycles. The van der Waals surface area contributed by atoms with Crippen molar-refractivity contribution in [3.05, 3.63) is 41.6 Å². The van der Waals surface area contributed by atoms with Crippen molar-refractivity contribution in [2.75, 3.05) is 0 Å². The Morgan fingerprint density at radius 2 is 2.06 bits per heavy atom. The summed E-state index contributed by atoms with van der Waals surface area (Å²) in [6.07, 6.45) is 5.89. The SMILES string of the molecule is Cc1n[nH]c(C)c1-c1cc(C)c2nccn2c1. The van der Waals surface area contributed by atoms with E-state index in [0.29, 0.717) is 0 Å². The van der Waals surface area contributed by atoms with E-state index in [1.54, 1.807) is 0 Å². The molecule has 0 bridgehead atoms. The Hall–Kier alpha value is -2.10. The van der Waals surface area contributed by atoms with Gasteiger partial charge in [-0.15, -0.1) is 0 Å². The van der Waals surface area contributed by atoms with E-state index in [9.17, 15) is 0 Å². The molecule has 0 amide bonds. The summed E-state index contributed by atoms with van der Waals surface area (Å²) in [7, 11) is 0. The number of imidazole rings is 1. The lowest BCUT2D eigenvalue weighted by Gasteiger charge is -2.05. The highest BCUT2D eigenvalue weighted by Crippen LogP contribution is 2.26. The van der Waals surface area contributed by atoms with Gasteiger partial charge in [-0.3, -0.25) is 5.10 Å². The molecule has 0 fully saturated rings. The normalized spacial score (nSPS) is 11.2. The van der Waals surface area contributed by atoms with Crippen LogP contribution in [0.4, 0.5) is 0 Å². The Kier molecular flexibility index (Phi) is 2.04. The second-order valence-electron chi connectivity index (χ2n) is 4.38. The summed E-state index contributed by atoms with van der Waals surface area (Å²) in [5, 5.41) is 7.26. The number of fused-ring (bicyclic) bond motifs is 1. The first-order valence-electron chi connectivity index (χ1n) is 5.62. The maximum atomic E-state index is 4.33. The average molecular weight is 226 g/mol. The van der Waals surface area contributed by atoms with Crippen LogP contribution in [0, 0.1) is 20.8 Å². The molecule has 17 heavy (non-hydrogen) atoms. The second kappa shape index (κ2) is 3.45. The molecule has 0 aliphatic carbocycles.